The fourth-order valence-corrected chi connectivity index (χ4v) is 3.63. The smallest absolute Gasteiger partial charge is 0.0443 e. The Morgan fingerprint density at radius 3 is 3.16 bits per heavy atom. The first-order chi connectivity index (χ1) is 9.35. The van der Waals surface area contributed by atoms with Crippen molar-refractivity contribution in [3.63, 3.8) is 0 Å². The first kappa shape index (κ1) is 14.7. The maximum Gasteiger partial charge on any atom is 0.0443 e. The Kier molecular flexibility index (Phi) is 5.98. The number of hydrogen-bond donors (Lipinski definition) is 1. The van der Waals surface area contributed by atoms with Crippen molar-refractivity contribution in [1.82, 2.24) is 10.3 Å². The molecule has 1 aromatic rings. The molecule has 19 heavy (non-hydrogen) atoms. The quantitative estimate of drug-likeness (QED) is 0.811. The molecule has 1 atom stereocenters. The van der Waals surface area contributed by atoms with Crippen LogP contribution in [0.15, 0.2) is 18.5 Å². The van der Waals surface area contributed by atoms with Gasteiger partial charge in [0.25, 0.3) is 0 Å². The van der Waals surface area contributed by atoms with Gasteiger partial charge >= 0.3 is 0 Å². The summed E-state index contributed by atoms with van der Waals surface area (Å²) in [5.41, 5.74) is 2.70. The molecule has 0 aromatic carbocycles. The number of nitrogens with zero attached hydrogens (tertiary/aromatic N) is 2. The van der Waals surface area contributed by atoms with E-state index in [1.165, 1.54) is 36.4 Å². The zero-order valence-corrected chi connectivity index (χ0v) is 12.9. The lowest BCUT2D eigenvalue weighted by Crippen LogP contribution is -2.38. The molecule has 3 nitrogen and oxygen atoms in total. The fraction of sp³-hybridized carbons (Fsp3) is 0.667. The van der Waals surface area contributed by atoms with Crippen LogP contribution >= 0.6 is 11.8 Å². The summed E-state index contributed by atoms with van der Waals surface area (Å²) in [7, 11) is 0. The summed E-state index contributed by atoms with van der Waals surface area (Å²) < 4.78 is 0. The van der Waals surface area contributed by atoms with Gasteiger partial charge < -0.3 is 10.2 Å². The van der Waals surface area contributed by atoms with Crippen LogP contribution in [0, 0.1) is 0 Å². The van der Waals surface area contributed by atoms with Crippen molar-refractivity contribution < 1.29 is 0 Å². The van der Waals surface area contributed by atoms with Crippen LogP contribution < -0.4 is 10.2 Å². The van der Waals surface area contributed by atoms with Crippen LogP contribution in [-0.4, -0.2) is 35.6 Å². The van der Waals surface area contributed by atoms with Gasteiger partial charge in [-0.15, -0.1) is 0 Å². The largest absolute Gasteiger partial charge is 0.369 e. The van der Waals surface area contributed by atoms with Crippen molar-refractivity contribution >= 4 is 17.4 Å². The normalized spacial score (nSPS) is 19.7. The first-order valence-electron chi connectivity index (χ1n) is 7.35. The van der Waals surface area contributed by atoms with E-state index in [0.717, 1.165) is 24.9 Å². The van der Waals surface area contributed by atoms with Crippen LogP contribution in [0.25, 0.3) is 0 Å². The monoisotopic (exact) mass is 279 g/mol. The minimum Gasteiger partial charge on any atom is -0.369 e. The van der Waals surface area contributed by atoms with Crippen LogP contribution in [0.2, 0.25) is 0 Å². The summed E-state index contributed by atoms with van der Waals surface area (Å²) in [6.45, 7) is 8.82. The molecule has 0 radical (unpaired) electrons. The van der Waals surface area contributed by atoms with Crippen molar-refractivity contribution in [2.24, 2.45) is 0 Å². The van der Waals surface area contributed by atoms with Gasteiger partial charge in [0.2, 0.25) is 0 Å². The third kappa shape index (κ3) is 4.11. The lowest BCUT2D eigenvalue weighted by molar-refractivity contribution is 0.666. The second kappa shape index (κ2) is 7.75. The number of aromatic nitrogens is 1. The van der Waals surface area contributed by atoms with Gasteiger partial charge in [0.05, 0.1) is 0 Å². The summed E-state index contributed by atoms with van der Waals surface area (Å²) >= 11 is 2.12. The van der Waals surface area contributed by atoms with Crippen molar-refractivity contribution in [2.45, 2.75) is 38.5 Å². The van der Waals surface area contributed by atoms with Gasteiger partial charge in [-0.3, -0.25) is 4.98 Å². The molecule has 1 aromatic heterocycles. The maximum absolute atomic E-state index is 4.29. The Bertz CT molecular complexity index is 383. The van der Waals surface area contributed by atoms with Gasteiger partial charge in [-0.1, -0.05) is 13.8 Å². The highest BCUT2D eigenvalue weighted by atomic mass is 32.2. The average molecular weight is 279 g/mol. The minimum atomic E-state index is 0.776. The van der Waals surface area contributed by atoms with E-state index in [0.29, 0.717) is 0 Å². The molecule has 4 heteroatoms. The van der Waals surface area contributed by atoms with Crippen LogP contribution in [0.4, 0.5) is 5.69 Å². The molecule has 1 aliphatic heterocycles. The highest BCUT2D eigenvalue weighted by Gasteiger charge is 2.20. The maximum atomic E-state index is 4.29. The molecule has 0 spiro atoms. The van der Waals surface area contributed by atoms with Crippen molar-refractivity contribution in [3.8, 4) is 0 Å². The second-order valence-corrected chi connectivity index (χ2v) is 6.44. The van der Waals surface area contributed by atoms with E-state index >= 15 is 0 Å². The molecule has 0 saturated carbocycles. The molecule has 106 valence electrons. The van der Waals surface area contributed by atoms with Gasteiger partial charge in [0, 0.05) is 54.3 Å². The Balaban J connectivity index is 2.05. The lowest BCUT2D eigenvalue weighted by atomic mass is 10.2. The summed E-state index contributed by atoms with van der Waals surface area (Å²) in [5.74, 6) is 1.24. The summed E-state index contributed by atoms with van der Waals surface area (Å²) in [6, 6.07) is 2.17. The third-order valence-electron chi connectivity index (χ3n) is 3.55. The average Bonchev–Trinajstić information content (AvgIpc) is 2.48. The number of thioether (sulfide) groups is 1. The Morgan fingerprint density at radius 1 is 1.47 bits per heavy atom. The van der Waals surface area contributed by atoms with Crippen LogP contribution in [0.5, 0.6) is 0 Å². The summed E-state index contributed by atoms with van der Waals surface area (Å²) in [4.78, 5) is 6.82. The lowest BCUT2D eigenvalue weighted by Gasteiger charge is -2.34. The van der Waals surface area contributed by atoms with Crippen LogP contribution in [0.1, 0.15) is 32.3 Å². The zero-order chi connectivity index (χ0) is 13.5. The van der Waals surface area contributed by atoms with E-state index in [1.807, 2.05) is 12.4 Å². The van der Waals surface area contributed by atoms with Crippen LogP contribution in [-0.2, 0) is 6.54 Å². The summed E-state index contributed by atoms with van der Waals surface area (Å²) in [6.07, 6.45) is 6.37. The van der Waals surface area contributed by atoms with Crippen molar-refractivity contribution in [1.29, 1.82) is 0 Å². The molecule has 0 bridgehead atoms. The molecule has 2 rings (SSSR count). The molecule has 1 saturated heterocycles. The Hall–Kier alpha value is -0.740. The van der Waals surface area contributed by atoms with Crippen LogP contribution in [0.3, 0.4) is 0 Å². The molecule has 2 heterocycles. The molecule has 1 N–H and O–H groups in total. The van der Waals surface area contributed by atoms with Gasteiger partial charge in [-0.2, -0.15) is 11.8 Å². The van der Waals surface area contributed by atoms with E-state index in [-0.39, 0.29) is 0 Å². The fourth-order valence-electron chi connectivity index (χ4n) is 2.45. The molecule has 1 aliphatic rings. The molecular formula is C15H25N3S. The highest BCUT2D eigenvalue weighted by molar-refractivity contribution is 8.00. The third-order valence-corrected chi connectivity index (χ3v) is 4.93. The van der Waals surface area contributed by atoms with E-state index in [4.69, 9.17) is 0 Å². The molecular weight excluding hydrogens is 254 g/mol. The SMILES string of the molecule is CCCNCc1cnccc1N1CCSC(CC)C1. The highest BCUT2D eigenvalue weighted by Crippen LogP contribution is 2.27. The van der Waals surface area contributed by atoms with Crippen molar-refractivity contribution in [3.05, 3.63) is 24.0 Å². The molecule has 0 amide bonds. The molecule has 1 unspecified atom stereocenters. The predicted octanol–water partition coefficient (Wildman–Crippen LogP) is 2.91. The molecule has 0 aliphatic carbocycles. The topological polar surface area (TPSA) is 28.2 Å². The number of nitrogens with one attached hydrogen (secondary N) is 1. The molecule has 1 fully saturated rings. The number of rotatable bonds is 6. The van der Waals surface area contributed by atoms with Gasteiger partial charge in [-0.05, 0) is 25.5 Å². The first-order valence-corrected chi connectivity index (χ1v) is 8.40. The van der Waals surface area contributed by atoms with Crippen molar-refractivity contribution in [2.75, 3.05) is 30.3 Å². The second-order valence-electron chi connectivity index (χ2n) is 5.03. The zero-order valence-electron chi connectivity index (χ0n) is 12.1. The Labute approximate surface area is 121 Å². The van der Waals surface area contributed by atoms with E-state index < -0.39 is 0 Å². The number of anilines is 1. The van der Waals surface area contributed by atoms with Gasteiger partial charge in [0.15, 0.2) is 0 Å². The Morgan fingerprint density at radius 2 is 2.37 bits per heavy atom. The van der Waals surface area contributed by atoms with E-state index in [1.54, 1.807) is 0 Å². The summed E-state index contributed by atoms with van der Waals surface area (Å²) in [5, 5.41) is 4.26. The van der Waals surface area contributed by atoms with E-state index in [2.05, 4.69) is 46.9 Å². The minimum absolute atomic E-state index is 0.776. The van der Waals surface area contributed by atoms with E-state index in [9.17, 15) is 0 Å². The van der Waals surface area contributed by atoms with Gasteiger partial charge in [0.1, 0.15) is 0 Å². The standard InChI is InChI=1S/C15H25N3S/c1-3-6-16-10-13-11-17-7-5-15(13)18-8-9-19-14(4-2)12-18/h5,7,11,14,16H,3-4,6,8-10,12H2,1-2H3. The predicted molar refractivity (Wildman–Crippen MR) is 85.0 cm³/mol. The number of pyridine rings is 1. The van der Waals surface area contributed by atoms with Gasteiger partial charge in [-0.25, -0.2) is 0 Å². The number of hydrogen-bond acceptors (Lipinski definition) is 4.